The number of nitrogens with one attached hydrogen (secondary N) is 2. The summed E-state index contributed by atoms with van der Waals surface area (Å²) in [5.74, 6) is -1.31. The number of hydrogen-bond acceptors (Lipinski definition) is 6. The van der Waals surface area contributed by atoms with Crippen molar-refractivity contribution >= 4 is 27.7 Å². The minimum atomic E-state index is -3.32. The van der Waals surface area contributed by atoms with E-state index in [4.69, 9.17) is 4.74 Å². The van der Waals surface area contributed by atoms with Crippen molar-refractivity contribution in [3.63, 3.8) is 0 Å². The van der Waals surface area contributed by atoms with Crippen molar-refractivity contribution in [2.24, 2.45) is 0 Å². The van der Waals surface area contributed by atoms with Gasteiger partial charge in [-0.15, -0.1) is 0 Å². The molecule has 0 atom stereocenters. The van der Waals surface area contributed by atoms with Crippen LogP contribution < -0.4 is 10.0 Å². The smallest absolute Gasteiger partial charge is 0.261 e. The summed E-state index contributed by atoms with van der Waals surface area (Å²) in [4.78, 5) is 38.1. The fraction of sp³-hybridized carbons (Fsp3) is 0.471. The lowest BCUT2D eigenvalue weighted by Gasteiger charge is -2.12. The van der Waals surface area contributed by atoms with E-state index in [9.17, 15) is 22.8 Å². The van der Waals surface area contributed by atoms with Crippen LogP contribution in [0.1, 0.15) is 44.4 Å². The van der Waals surface area contributed by atoms with Crippen LogP contribution >= 0.6 is 0 Å². The summed E-state index contributed by atoms with van der Waals surface area (Å²) in [6.45, 7) is 2.37. The number of benzene rings is 1. The first kappa shape index (κ1) is 21.0. The van der Waals surface area contributed by atoms with Gasteiger partial charge in [0.25, 0.3) is 17.7 Å². The molecule has 1 heterocycles. The van der Waals surface area contributed by atoms with E-state index in [-0.39, 0.29) is 48.0 Å². The van der Waals surface area contributed by atoms with Crippen LogP contribution in [0.15, 0.2) is 18.2 Å². The van der Waals surface area contributed by atoms with E-state index in [0.29, 0.717) is 13.0 Å². The van der Waals surface area contributed by atoms with Gasteiger partial charge in [-0.1, -0.05) is 0 Å². The van der Waals surface area contributed by atoms with Crippen LogP contribution in [0.4, 0.5) is 0 Å². The molecule has 27 heavy (non-hydrogen) atoms. The van der Waals surface area contributed by atoms with Crippen molar-refractivity contribution < 1.29 is 27.5 Å². The van der Waals surface area contributed by atoms with E-state index in [0.717, 1.165) is 4.90 Å². The van der Waals surface area contributed by atoms with E-state index in [1.165, 1.54) is 25.1 Å². The van der Waals surface area contributed by atoms with Crippen LogP contribution in [0.3, 0.4) is 0 Å². The molecule has 1 aliphatic rings. The predicted molar refractivity (Wildman–Crippen MR) is 98.1 cm³/mol. The molecule has 0 saturated heterocycles. The summed E-state index contributed by atoms with van der Waals surface area (Å²) in [5.41, 5.74) is 0.688. The average Bonchev–Trinajstić information content (AvgIpc) is 2.89. The number of ether oxygens (including phenoxy) is 1. The van der Waals surface area contributed by atoms with Gasteiger partial charge < -0.3 is 10.1 Å². The van der Waals surface area contributed by atoms with Gasteiger partial charge in [0.05, 0.1) is 16.9 Å². The number of carbonyl (C=O) groups is 3. The molecule has 0 spiro atoms. The van der Waals surface area contributed by atoms with Crippen LogP contribution in [0.25, 0.3) is 0 Å². The lowest BCUT2D eigenvalue weighted by molar-refractivity contribution is 0.0638. The second-order valence-electron chi connectivity index (χ2n) is 5.92. The molecule has 0 aliphatic carbocycles. The van der Waals surface area contributed by atoms with Gasteiger partial charge in [0.2, 0.25) is 10.0 Å². The van der Waals surface area contributed by atoms with Crippen molar-refractivity contribution in [3.05, 3.63) is 34.9 Å². The molecule has 1 aromatic carbocycles. The van der Waals surface area contributed by atoms with Crippen molar-refractivity contribution in [2.45, 2.75) is 13.3 Å². The number of amides is 3. The number of hydrogen-bond donors (Lipinski definition) is 2. The minimum Gasteiger partial charge on any atom is -0.385 e. The Morgan fingerprint density at radius 3 is 2.52 bits per heavy atom. The molecule has 148 valence electrons. The molecule has 1 aromatic rings. The van der Waals surface area contributed by atoms with Crippen LogP contribution in [0, 0.1) is 0 Å². The van der Waals surface area contributed by atoms with Gasteiger partial charge in [0.15, 0.2) is 0 Å². The SMILES string of the molecule is CCS(=O)(=O)NCCNC(=O)c1ccc2c(c1)C(=O)N(CCCOC)C2=O. The van der Waals surface area contributed by atoms with Crippen molar-refractivity contribution in [3.8, 4) is 0 Å². The van der Waals surface area contributed by atoms with E-state index in [2.05, 4.69) is 10.0 Å². The molecule has 2 N–H and O–H groups in total. The molecule has 10 heteroatoms. The highest BCUT2D eigenvalue weighted by Gasteiger charge is 2.35. The number of nitrogens with zero attached hydrogens (tertiary/aromatic N) is 1. The number of fused-ring (bicyclic) bond motifs is 1. The van der Waals surface area contributed by atoms with Gasteiger partial charge in [-0.05, 0) is 31.5 Å². The number of rotatable bonds is 10. The monoisotopic (exact) mass is 397 g/mol. The molecular weight excluding hydrogens is 374 g/mol. The molecule has 0 saturated carbocycles. The minimum absolute atomic E-state index is 0.0389. The second kappa shape index (κ2) is 9.07. The molecule has 9 nitrogen and oxygen atoms in total. The number of imide groups is 1. The zero-order valence-corrected chi connectivity index (χ0v) is 16.1. The molecule has 3 amide bonds. The Morgan fingerprint density at radius 1 is 1.15 bits per heavy atom. The highest BCUT2D eigenvalue weighted by atomic mass is 32.2. The molecule has 0 radical (unpaired) electrons. The molecule has 2 rings (SSSR count). The Hall–Kier alpha value is -2.30. The van der Waals surface area contributed by atoms with Crippen molar-refractivity contribution in [2.75, 3.05) is 39.1 Å². The van der Waals surface area contributed by atoms with Gasteiger partial charge in [-0.3, -0.25) is 19.3 Å². The third kappa shape index (κ3) is 5.12. The lowest BCUT2D eigenvalue weighted by Crippen LogP contribution is -2.35. The zero-order valence-electron chi connectivity index (χ0n) is 15.3. The van der Waals surface area contributed by atoms with Crippen LogP contribution in [-0.2, 0) is 14.8 Å². The summed E-state index contributed by atoms with van der Waals surface area (Å²) in [7, 11) is -1.78. The van der Waals surface area contributed by atoms with Crippen LogP contribution in [-0.4, -0.2) is 70.1 Å². The Bertz CT molecular complexity index is 837. The largest absolute Gasteiger partial charge is 0.385 e. The zero-order chi connectivity index (χ0) is 20.0. The van der Waals surface area contributed by atoms with Gasteiger partial charge in [-0.25, -0.2) is 13.1 Å². The van der Waals surface area contributed by atoms with E-state index in [1.54, 1.807) is 7.11 Å². The van der Waals surface area contributed by atoms with E-state index < -0.39 is 21.8 Å². The maximum Gasteiger partial charge on any atom is 0.261 e. The molecule has 0 unspecified atom stereocenters. The Balaban J connectivity index is 1.99. The fourth-order valence-corrected chi connectivity index (χ4v) is 3.21. The van der Waals surface area contributed by atoms with Gasteiger partial charge in [-0.2, -0.15) is 0 Å². The maximum absolute atomic E-state index is 12.4. The Kier molecular flexibility index (Phi) is 7.05. The molecule has 0 aromatic heterocycles. The standard InChI is InChI=1S/C17H23N3O6S/c1-3-27(24,25)19-8-7-18-15(21)12-5-6-13-14(11-12)17(23)20(16(13)22)9-4-10-26-2/h5-6,11,19H,3-4,7-10H2,1-2H3,(H,18,21). The quantitative estimate of drug-likeness (QED) is 0.423. The first-order valence-corrected chi connectivity index (χ1v) is 10.2. The number of sulfonamides is 1. The summed E-state index contributed by atoms with van der Waals surface area (Å²) >= 11 is 0. The van der Waals surface area contributed by atoms with Gasteiger partial charge in [0, 0.05) is 38.9 Å². The Morgan fingerprint density at radius 2 is 1.85 bits per heavy atom. The summed E-state index contributed by atoms with van der Waals surface area (Å²) in [6.07, 6.45) is 0.531. The topological polar surface area (TPSA) is 122 Å². The molecule has 0 bridgehead atoms. The summed E-state index contributed by atoms with van der Waals surface area (Å²) < 4.78 is 29.9. The number of methoxy groups -OCH3 is 1. The van der Waals surface area contributed by atoms with Crippen molar-refractivity contribution in [1.82, 2.24) is 14.9 Å². The first-order valence-electron chi connectivity index (χ1n) is 8.55. The first-order chi connectivity index (χ1) is 12.8. The second-order valence-corrected chi connectivity index (χ2v) is 8.02. The normalized spacial score (nSPS) is 13.8. The third-order valence-corrected chi connectivity index (χ3v) is 5.48. The number of carbonyl (C=O) groups excluding carboxylic acids is 3. The molecular formula is C17H23N3O6S. The molecule has 0 fully saturated rings. The van der Waals surface area contributed by atoms with Crippen LogP contribution in [0.5, 0.6) is 0 Å². The maximum atomic E-state index is 12.4. The third-order valence-electron chi connectivity index (χ3n) is 4.08. The predicted octanol–water partition coefficient (Wildman–Crippen LogP) is -0.0118. The molecule has 1 aliphatic heterocycles. The highest BCUT2D eigenvalue weighted by molar-refractivity contribution is 7.89. The van der Waals surface area contributed by atoms with Crippen molar-refractivity contribution in [1.29, 1.82) is 0 Å². The van der Waals surface area contributed by atoms with Crippen LogP contribution in [0.2, 0.25) is 0 Å². The van der Waals surface area contributed by atoms with Gasteiger partial charge >= 0.3 is 0 Å². The lowest BCUT2D eigenvalue weighted by atomic mass is 10.1. The highest BCUT2D eigenvalue weighted by Crippen LogP contribution is 2.24. The fourth-order valence-electron chi connectivity index (χ4n) is 2.59. The van der Waals surface area contributed by atoms with E-state index in [1.807, 2.05) is 0 Å². The van der Waals surface area contributed by atoms with E-state index >= 15 is 0 Å². The summed E-state index contributed by atoms with van der Waals surface area (Å²) in [6, 6.07) is 4.31. The average molecular weight is 397 g/mol. The summed E-state index contributed by atoms with van der Waals surface area (Å²) in [5, 5.41) is 2.57. The van der Waals surface area contributed by atoms with Gasteiger partial charge in [0.1, 0.15) is 0 Å². The Labute approximate surface area is 158 Å².